The Labute approximate surface area is 150 Å². The van der Waals surface area contributed by atoms with E-state index in [-0.39, 0.29) is 5.82 Å². The van der Waals surface area contributed by atoms with Crippen LogP contribution >= 0.6 is 0 Å². The summed E-state index contributed by atoms with van der Waals surface area (Å²) in [4.78, 5) is 4.90. The minimum atomic E-state index is -0.172. The van der Waals surface area contributed by atoms with Crippen molar-refractivity contribution in [2.75, 3.05) is 38.2 Å². The predicted molar refractivity (Wildman–Crippen MR) is 101 cm³/mol. The molecule has 25 heavy (non-hydrogen) atoms. The molecule has 2 aromatic carbocycles. The summed E-state index contributed by atoms with van der Waals surface area (Å²) in [6.07, 6.45) is 2.24. The van der Waals surface area contributed by atoms with Crippen molar-refractivity contribution in [2.24, 2.45) is 0 Å². The van der Waals surface area contributed by atoms with Crippen molar-refractivity contribution in [1.82, 2.24) is 4.90 Å². The lowest BCUT2D eigenvalue weighted by atomic mass is 10.0. The van der Waals surface area contributed by atoms with Gasteiger partial charge >= 0.3 is 0 Å². The zero-order chi connectivity index (χ0) is 17.6. The number of benzene rings is 2. The van der Waals surface area contributed by atoms with Crippen LogP contribution in [0.3, 0.4) is 0 Å². The summed E-state index contributed by atoms with van der Waals surface area (Å²) in [5.41, 5.74) is 2.48. The van der Waals surface area contributed by atoms with Crippen LogP contribution in [-0.4, -0.2) is 44.2 Å². The summed E-state index contributed by atoms with van der Waals surface area (Å²) in [5.74, 6) is 0.739. The van der Waals surface area contributed by atoms with Crippen molar-refractivity contribution in [1.29, 1.82) is 0 Å². The molecule has 0 N–H and O–H groups in total. The number of nitrogens with zero attached hydrogens (tertiary/aromatic N) is 2. The van der Waals surface area contributed by atoms with Crippen LogP contribution in [0.15, 0.2) is 48.5 Å². The molecule has 1 atom stereocenters. The van der Waals surface area contributed by atoms with Gasteiger partial charge in [-0.15, -0.1) is 0 Å². The van der Waals surface area contributed by atoms with E-state index in [0.29, 0.717) is 6.04 Å². The van der Waals surface area contributed by atoms with Crippen LogP contribution in [0.2, 0.25) is 0 Å². The molecule has 1 unspecified atom stereocenters. The van der Waals surface area contributed by atoms with Gasteiger partial charge in [0.15, 0.2) is 0 Å². The second kappa shape index (κ2) is 8.34. The fourth-order valence-electron chi connectivity index (χ4n) is 3.42. The third kappa shape index (κ3) is 4.73. The van der Waals surface area contributed by atoms with Crippen molar-refractivity contribution in [3.63, 3.8) is 0 Å². The van der Waals surface area contributed by atoms with Crippen LogP contribution < -0.4 is 9.64 Å². The van der Waals surface area contributed by atoms with Crippen molar-refractivity contribution < 1.29 is 9.13 Å². The van der Waals surface area contributed by atoms with E-state index in [1.54, 1.807) is 19.2 Å². The number of aryl methyl sites for hydroxylation is 1. The normalized spacial score (nSPS) is 16.7. The number of hydrogen-bond acceptors (Lipinski definition) is 3. The van der Waals surface area contributed by atoms with Gasteiger partial charge in [-0.1, -0.05) is 12.1 Å². The quantitative estimate of drug-likeness (QED) is 0.790. The van der Waals surface area contributed by atoms with Crippen LogP contribution in [0.5, 0.6) is 5.75 Å². The highest BCUT2D eigenvalue weighted by molar-refractivity contribution is 5.46. The van der Waals surface area contributed by atoms with Crippen molar-refractivity contribution in [3.05, 3.63) is 59.9 Å². The Morgan fingerprint density at radius 2 is 1.60 bits per heavy atom. The van der Waals surface area contributed by atoms with Crippen LogP contribution in [0.1, 0.15) is 18.9 Å². The highest BCUT2D eigenvalue weighted by Gasteiger charge is 2.21. The second-order valence-electron chi connectivity index (χ2n) is 6.74. The van der Waals surface area contributed by atoms with Crippen LogP contribution in [0.4, 0.5) is 10.1 Å². The molecule has 1 heterocycles. The van der Waals surface area contributed by atoms with Gasteiger partial charge in [-0.05, 0) is 61.7 Å². The number of anilines is 1. The smallest absolute Gasteiger partial charge is 0.123 e. The molecule has 0 saturated carbocycles. The SMILES string of the molecule is COc1ccc(CCC(C)N2CCN(c3ccc(F)cc3)CC2)cc1. The summed E-state index contributed by atoms with van der Waals surface area (Å²) < 4.78 is 18.3. The van der Waals surface area contributed by atoms with E-state index in [0.717, 1.165) is 50.5 Å². The highest BCUT2D eigenvalue weighted by atomic mass is 19.1. The van der Waals surface area contributed by atoms with E-state index in [4.69, 9.17) is 4.74 Å². The first-order valence-corrected chi connectivity index (χ1v) is 9.03. The van der Waals surface area contributed by atoms with Gasteiger partial charge in [-0.25, -0.2) is 4.39 Å². The molecule has 0 radical (unpaired) electrons. The Morgan fingerprint density at radius 3 is 2.20 bits per heavy atom. The maximum absolute atomic E-state index is 13.1. The van der Waals surface area contributed by atoms with E-state index >= 15 is 0 Å². The Bertz CT molecular complexity index is 649. The van der Waals surface area contributed by atoms with Gasteiger partial charge < -0.3 is 9.64 Å². The fraction of sp³-hybridized carbons (Fsp3) is 0.429. The van der Waals surface area contributed by atoms with E-state index < -0.39 is 0 Å². The largest absolute Gasteiger partial charge is 0.497 e. The van der Waals surface area contributed by atoms with E-state index in [1.807, 2.05) is 24.3 Å². The van der Waals surface area contributed by atoms with Gasteiger partial charge in [0.25, 0.3) is 0 Å². The highest BCUT2D eigenvalue weighted by Crippen LogP contribution is 2.19. The minimum absolute atomic E-state index is 0.172. The first-order chi connectivity index (χ1) is 12.2. The van der Waals surface area contributed by atoms with Crippen molar-refractivity contribution >= 4 is 5.69 Å². The molecular formula is C21H27FN2O. The van der Waals surface area contributed by atoms with E-state index in [9.17, 15) is 4.39 Å². The van der Waals surface area contributed by atoms with Crippen LogP contribution in [-0.2, 0) is 6.42 Å². The maximum Gasteiger partial charge on any atom is 0.123 e. The molecule has 3 nitrogen and oxygen atoms in total. The number of halogens is 1. The van der Waals surface area contributed by atoms with Crippen molar-refractivity contribution in [2.45, 2.75) is 25.8 Å². The lowest BCUT2D eigenvalue weighted by Gasteiger charge is -2.39. The number of hydrogen-bond donors (Lipinski definition) is 0. The Kier molecular flexibility index (Phi) is 5.92. The minimum Gasteiger partial charge on any atom is -0.497 e. The van der Waals surface area contributed by atoms with E-state index in [1.165, 1.54) is 5.56 Å². The molecule has 2 aromatic rings. The molecule has 0 amide bonds. The van der Waals surface area contributed by atoms with Crippen LogP contribution in [0.25, 0.3) is 0 Å². The zero-order valence-corrected chi connectivity index (χ0v) is 15.1. The lowest BCUT2D eigenvalue weighted by molar-refractivity contribution is 0.189. The zero-order valence-electron chi connectivity index (χ0n) is 15.1. The molecule has 4 heteroatoms. The van der Waals surface area contributed by atoms with Gasteiger partial charge in [0, 0.05) is 37.9 Å². The molecule has 1 aliphatic heterocycles. The third-order valence-electron chi connectivity index (χ3n) is 5.14. The molecule has 1 aliphatic rings. The number of methoxy groups -OCH3 is 1. The average molecular weight is 342 g/mol. The van der Waals surface area contributed by atoms with Crippen LogP contribution in [0, 0.1) is 5.82 Å². The molecule has 134 valence electrons. The standard InChI is InChI=1S/C21H27FN2O/c1-17(3-4-18-5-11-21(25-2)12-6-18)23-13-15-24(16-14-23)20-9-7-19(22)8-10-20/h5-12,17H,3-4,13-16H2,1-2H3. The topological polar surface area (TPSA) is 15.7 Å². The Hall–Kier alpha value is -2.07. The van der Waals surface area contributed by atoms with Gasteiger partial charge in [-0.2, -0.15) is 0 Å². The molecule has 3 rings (SSSR count). The first kappa shape index (κ1) is 17.7. The summed E-state index contributed by atoms with van der Waals surface area (Å²) in [6.45, 7) is 6.43. The van der Waals surface area contributed by atoms with E-state index in [2.05, 4.69) is 28.9 Å². The Balaban J connectivity index is 1.46. The molecule has 0 spiro atoms. The summed E-state index contributed by atoms with van der Waals surface area (Å²) in [6, 6.07) is 15.8. The van der Waals surface area contributed by atoms with Gasteiger partial charge in [0.1, 0.15) is 11.6 Å². The van der Waals surface area contributed by atoms with Gasteiger partial charge in [0.05, 0.1) is 7.11 Å². The third-order valence-corrected chi connectivity index (χ3v) is 5.14. The number of rotatable bonds is 6. The second-order valence-corrected chi connectivity index (χ2v) is 6.74. The summed E-state index contributed by atoms with van der Waals surface area (Å²) in [7, 11) is 1.70. The molecular weight excluding hydrogens is 315 g/mol. The molecule has 0 aromatic heterocycles. The van der Waals surface area contributed by atoms with Gasteiger partial charge in [-0.3, -0.25) is 4.90 Å². The summed E-state index contributed by atoms with van der Waals surface area (Å²) >= 11 is 0. The molecule has 0 bridgehead atoms. The monoisotopic (exact) mass is 342 g/mol. The molecule has 1 saturated heterocycles. The van der Waals surface area contributed by atoms with Crippen molar-refractivity contribution in [3.8, 4) is 5.75 Å². The molecule has 0 aliphatic carbocycles. The number of piperazine rings is 1. The predicted octanol–water partition coefficient (Wildman–Crippen LogP) is 3.98. The lowest BCUT2D eigenvalue weighted by Crippen LogP contribution is -2.49. The first-order valence-electron chi connectivity index (χ1n) is 9.03. The average Bonchev–Trinajstić information content (AvgIpc) is 2.67. The Morgan fingerprint density at radius 1 is 0.960 bits per heavy atom. The molecule has 1 fully saturated rings. The fourth-order valence-corrected chi connectivity index (χ4v) is 3.42. The van der Waals surface area contributed by atoms with Gasteiger partial charge in [0.2, 0.25) is 0 Å². The maximum atomic E-state index is 13.1. The number of ether oxygens (including phenoxy) is 1. The summed E-state index contributed by atoms with van der Waals surface area (Å²) in [5, 5.41) is 0.